The van der Waals surface area contributed by atoms with Crippen molar-refractivity contribution in [2.24, 2.45) is 11.8 Å². The van der Waals surface area contributed by atoms with E-state index < -0.39 is 10.1 Å². The molecular weight excluding hydrogens is 326 g/mol. The van der Waals surface area contributed by atoms with Gasteiger partial charge in [0, 0.05) is 13.1 Å². The molecule has 2 rings (SSSR count). The van der Waals surface area contributed by atoms with Crippen LogP contribution in [0.25, 0.3) is 0 Å². The van der Waals surface area contributed by atoms with E-state index in [4.69, 9.17) is 16.2 Å². The molecule has 22 heavy (non-hydrogen) atoms. The zero-order valence-corrected chi connectivity index (χ0v) is 14.2. The highest BCUT2D eigenvalue weighted by atomic mass is 35.5. The van der Waals surface area contributed by atoms with Gasteiger partial charge in [-0.05, 0) is 31.1 Å². The van der Waals surface area contributed by atoms with Crippen molar-refractivity contribution in [3.05, 3.63) is 17.4 Å². The average Bonchev–Trinajstić information content (AvgIpc) is 2.48. The van der Waals surface area contributed by atoms with Gasteiger partial charge in [-0.3, -0.25) is 4.55 Å². The van der Waals surface area contributed by atoms with Crippen molar-refractivity contribution >= 4 is 27.7 Å². The van der Waals surface area contributed by atoms with Gasteiger partial charge in [-0.15, -0.1) is 0 Å². The van der Waals surface area contributed by atoms with Gasteiger partial charge in [-0.1, -0.05) is 24.9 Å². The number of nitrogens with zero attached hydrogens (tertiary/aromatic N) is 3. The molecule has 1 aromatic heterocycles. The van der Waals surface area contributed by atoms with Crippen LogP contribution in [0.4, 0.5) is 5.95 Å². The maximum atomic E-state index is 10.9. The van der Waals surface area contributed by atoms with Crippen LogP contribution in [0.15, 0.2) is 12.4 Å². The molecular formula is C14H22ClN3O3S. The van der Waals surface area contributed by atoms with Crippen molar-refractivity contribution in [2.45, 2.75) is 32.6 Å². The molecule has 1 unspecified atom stereocenters. The Balaban J connectivity index is 1.88. The molecule has 1 aliphatic rings. The van der Waals surface area contributed by atoms with E-state index in [1.165, 1.54) is 0 Å². The Labute approximate surface area is 136 Å². The molecule has 0 aliphatic carbocycles. The van der Waals surface area contributed by atoms with Crippen LogP contribution in [0, 0.1) is 11.8 Å². The fraction of sp³-hybridized carbons (Fsp3) is 0.714. The maximum absolute atomic E-state index is 10.9. The third-order valence-electron chi connectivity index (χ3n) is 4.37. The van der Waals surface area contributed by atoms with Crippen molar-refractivity contribution in [1.82, 2.24) is 9.97 Å². The molecule has 1 atom stereocenters. The lowest BCUT2D eigenvalue weighted by atomic mass is 9.81. The molecule has 0 radical (unpaired) electrons. The van der Waals surface area contributed by atoms with Gasteiger partial charge in [0.15, 0.2) is 0 Å². The van der Waals surface area contributed by atoms with Gasteiger partial charge in [-0.25, -0.2) is 9.97 Å². The first-order valence-corrected chi connectivity index (χ1v) is 9.55. The summed E-state index contributed by atoms with van der Waals surface area (Å²) in [6.45, 7) is 3.78. The summed E-state index contributed by atoms with van der Waals surface area (Å²) in [5.74, 6) is 1.35. The lowest BCUT2D eigenvalue weighted by molar-refractivity contribution is 0.259. The van der Waals surface area contributed by atoms with Crippen molar-refractivity contribution in [3.63, 3.8) is 0 Å². The van der Waals surface area contributed by atoms with E-state index in [9.17, 15) is 8.42 Å². The molecule has 1 N–H and O–H groups in total. The lowest BCUT2D eigenvalue weighted by Gasteiger charge is -2.35. The van der Waals surface area contributed by atoms with Crippen LogP contribution in [-0.4, -0.2) is 41.8 Å². The highest BCUT2D eigenvalue weighted by molar-refractivity contribution is 7.85. The second-order valence-corrected chi connectivity index (χ2v) is 7.78. The van der Waals surface area contributed by atoms with Gasteiger partial charge in [0.2, 0.25) is 5.95 Å². The van der Waals surface area contributed by atoms with Gasteiger partial charge in [0.1, 0.15) is 0 Å². The number of hydrogen-bond donors (Lipinski definition) is 1. The summed E-state index contributed by atoms with van der Waals surface area (Å²) in [5.41, 5.74) is 0. The van der Waals surface area contributed by atoms with Crippen LogP contribution < -0.4 is 4.90 Å². The first kappa shape index (κ1) is 17.4. The molecule has 8 heteroatoms. The molecule has 2 heterocycles. The highest BCUT2D eigenvalue weighted by Gasteiger charge is 2.27. The van der Waals surface area contributed by atoms with E-state index in [0.717, 1.165) is 32.4 Å². The largest absolute Gasteiger partial charge is 0.341 e. The third-order valence-corrected chi connectivity index (χ3v) is 5.31. The minimum atomic E-state index is -3.87. The predicted molar refractivity (Wildman–Crippen MR) is 86.8 cm³/mol. The first-order chi connectivity index (χ1) is 10.4. The number of halogens is 1. The van der Waals surface area contributed by atoms with Crippen LogP contribution in [0.3, 0.4) is 0 Å². The van der Waals surface area contributed by atoms with Crippen LogP contribution in [0.2, 0.25) is 5.02 Å². The molecule has 6 nitrogen and oxygen atoms in total. The fourth-order valence-corrected chi connectivity index (χ4v) is 3.81. The van der Waals surface area contributed by atoms with Crippen LogP contribution >= 0.6 is 11.6 Å². The predicted octanol–water partition coefficient (Wildman–Crippen LogP) is 2.65. The van der Waals surface area contributed by atoms with Gasteiger partial charge in [-0.2, -0.15) is 8.42 Å². The second kappa shape index (κ2) is 7.57. The van der Waals surface area contributed by atoms with Crippen molar-refractivity contribution in [1.29, 1.82) is 0 Å². The molecule has 1 aromatic rings. The maximum Gasteiger partial charge on any atom is 0.264 e. The summed E-state index contributed by atoms with van der Waals surface area (Å²) in [5, 5.41) is 0.523. The Bertz CT molecular complexity index is 572. The van der Waals surface area contributed by atoms with E-state index in [-0.39, 0.29) is 5.75 Å². The highest BCUT2D eigenvalue weighted by Crippen LogP contribution is 2.31. The first-order valence-electron chi connectivity index (χ1n) is 7.56. The summed E-state index contributed by atoms with van der Waals surface area (Å²) in [7, 11) is -3.87. The van der Waals surface area contributed by atoms with E-state index in [1.54, 1.807) is 12.4 Å². The molecule has 0 amide bonds. The summed E-state index contributed by atoms with van der Waals surface area (Å²) in [4.78, 5) is 10.6. The Kier molecular flexibility index (Phi) is 6.00. The number of hydrogen-bond acceptors (Lipinski definition) is 5. The molecule has 0 saturated carbocycles. The monoisotopic (exact) mass is 347 g/mol. The Morgan fingerprint density at radius 2 is 1.95 bits per heavy atom. The zero-order valence-electron chi connectivity index (χ0n) is 12.7. The zero-order chi connectivity index (χ0) is 16.2. The number of piperidine rings is 1. The van der Waals surface area contributed by atoms with E-state index >= 15 is 0 Å². The van der Waals surface area contributed by atoms with E-state index in [1.807, 2.05) is 0 Å². The number of rotatable bonds is 6. The smallest absolute Gasteiger partial charge is 0.264 e. The number of aromatic nitrogens is 2. The topological polar surface area (TPSA) is 83.4 Å². The average molecular weight is 348 g/mol. The minimum absolute atomic E-state index is 0.147. The standard InChI is InChI=1S/C14H22ClN3O3S/c1-2-11(5-8-22(19,20)21)12-3-6-18(7-4-12)14-16-9-13(15)10-17-14/h9-12H,2-8H2,1H3,(H,19,20,21). The third kappa shape index (κ3) is 5.07. The summed E-state index contributed by atoms with van der Waals surface area (Å²) in [6.07, 6.45) is 6.61. The molecule has 0 aromatic carbocycles. The van der Waals surface area contributed by atoms with Gasteiger partial charge < -0.3 is 4.90 Å². The Morgan fingerprint density at radius 3 is 2.45 bits per heavy atom. The van der Waals surface area contributed by atoms with Crippen molar-refractivity contribution in [2.75, 3.05) is 23.7 Å². The minimum Gasteiger partial charge on any atom is -0.341 e. The van der Waals surface area contributed by atoms with Gasteiger partial charge >= 0.3 is 0 Å². The van der Waals surface area contributed by atoms with Crippen molar-refractivity contribution < 1.29 is 13.0 Å². The van der Waals surface area contributed by atoms with E-state index in [2.05, 4.69) is 21.8 Å². The summed E-state index contributed by atoms with van der Waals surface area (Å²) >= 11 is 5.79. The Morgan fingerprint density at radius 1 is 1.36 bits per heavy atom. The normalized spacial score (nSPS) is 18.4. The lowest BCUT2D eigenvalue weighted by Crippen LogP contribution is -2.37. The van der Waals surface area contributed by atoms with Crippen molar-refractivity contribution in [3.8, 4) is 0 Å². The molecule has 0 bridgehead atoms. The quantitative estimate of drug-likeness (QED) is 0.796. The van der Waals surface area contributed by atoms with Gasteiger partial charge in [0.05, 0.1) is 23.2 Å². The van der Waals surface area contributed by atoms with Crippen LogP contribution in [0.5, 0.6) is 0 Å². The SMILES string of the molecule is CCC(CCS(=O)(=O)O)C1CCN(c2ncc(Cl)cn2)CC1. The Hall–Kier alpha value is -0.920. The molecule has 1 aliphatic heterocycles. The van der Waals surface area contributed by atoms with E-state index in [0.29, 0.717) is 29.2 Å². The number of anilines is 1. The summed E-state index contributed by atoms with van der Waals surface area (Å²) < 4.78 is 30.7. The molecule has 1 saturated heterocycles. The fourth-order valence-electron chi connectivity index (χ4n) is 3.11. The molecule has 1 fully saturated rings. The molecule has 0 spiro atoms. The van der Waals surface area contributed by atoms with Gasteiger partial charge in [0.25, 0.3) is 10.1 Å². The molecule has 124 valence electrons. The van der Waals surface area contributed by atoms with Crippen LogP contribution in [0.1, 0.15) is 32.6 Å². The second-order valence-electron chi connectivity index (χ2n) is 5.77. The summed E-state index contributed by atoms with van der Waals surface area (Å²) in [6, 6.07) is 0. The van der Waals surface area contributed by atoms with Crippen LogP contribution in [-0.2, 0) is 10.1 Å².